The van der Waals surface area contributed by atoms with E-state index in [-0.39, 0.29) is 5.78 Å². The molecule has 2 rings (SSSR count). The molecular formula is C15H18N2O. The molecule has 0 fully saturated rings. The third-order valence-corrected chi connectivity index (χ3v) is 3.18. The molecule has 0 N–H and O–H groups in total. The lowest BCUT2D eigenvalue weighted by Gasteiger charge is -2.04. The minimum absolute atomic E-state index is 0.152. The van der Waals surface area contributed by atoms with Gasteiger partial charge in [0.25, 0.3) is 0 Å². The van der Waals surface area contributed by atoms with Crippen LogP contribution in [0.25, 0.3) is 0 Å². The molecule has 18 heavy (non-hydrogen) atoms. The first-order valence-electron chi connectivity index (χ1n) is 6.22. The summed E-state index contributed by atoms with van der Waals surface area (Å²) in [5.41, 5.74) is 3.84. The van der Waals surface area contributed by atoms with E-state index in [1.54, 1.807) is 4.68 Å². The Morgan fingerprint density at radius 3 is 2.67 bits per heavy atom. The molecule has 0 amide bonds. The number of aromatic nitrogens is 2. The fraction of sp³-hybridized carbons (Fsp3) is 0.333. The van der Waals surface area contributed by atoms with E-state index in [4.69, 9.17) is 0 Å². The maximum absolute atomic E-state index is 12.2. The van der Waals surface area contributed by atoms with Crippen molar-refractivity contribution in [3.05, 3.63) is 52.8 Å². The van der Waals surface area contributed by atoms with Crippen molar-refractivity contribution in [2.75, 3.05) is 0 Å². The standard InChI is InChI=1S/C15H18N2O/c1-4-12-9-13(17(3)16-12)10-15(18)14-8-6-5-7-11(14)2/h5-9H,4,10H2,1-3H3. The molecule has 1 heterocycles. The predicted octanol–water partition coefficient (Wildman–Crippen LogP) is 2.72. The summed E-state index contributed by atoms with van der Waals surface area (Å²) in [5.74, 6) is 0.152. The van der Waals surface area contributed by atoms with Crippen LogP contribution in [0.2, 0.25) is 0 Å². The lowest BCUT2D eigenvalue weighted by atomic mass is 10.0. The van der Waals surface area contributed by atoms with Gasteiger partial charge in [-0.2, -0.15) is 5.10 Å². The van der Waals surface area contributed by atoms with Crippen molar-refractivity contribution in [1.29, 1.82) is 0 Å². The maximum atomic E-state index is 12.2. The summed E-state index contributed by atoms with van der Waals surface area (Å²) in [4.78, 5) is 12.2. The third-order valence-electron chi connectivity index (χ3n) is 3.18. The molecule has 1 aromatic carbocycles. The highest BCUT2D eigenvalue weighted by Gasteiger charge is 2.12. The summed E-state index contributed by atoms with van der Waals surface area (Å²) in [5, 5.41) is 4.36. The molecule has 0 saturated heterocycles. The Hall–Kier alpha value is -1.90. The van der Waals surface area contributed by atoms with Crippen LogP contribution in [0.1, 0.15) is 34.2 Å². The van der Waals surface area contributed by atoms with Crippen LogP contribution in [-0.4, -0.2) is 15.6 Å². The Morgan fingerprint density at radius 2 is 2.06 bits per heavy atom. The number of nitrogens with zero attached hydrogens (tertiary/aromatic N) is 2. The largest absolute Gasteiger partial charge is 0.294 e. The lowest BCUT2D eigenvalue weighted by Crippen LogP contribution is -2.09. The van der Waals surface area contributed by atoms with Crippen molar-refractivity contribution in [3.8, 4) is 0 Å². The van der Waals surface area contributed by atoms with Crippen LogP contribution in [0.5, 0.6) is 0 Å². The number of Topliss-reactive ketones (excluding diaryl/α,β-unsaturated/α-hetero) is 1. The first-order valence-corrected chi connectivity index (χ1v) is 6.22. The first kappa shape index (κ1) is 12.6. The minimum atomic E-state index is 0.152. The lowest BCUT2D eigenvalue weighted by molar-refractivity contribution is 0.0990. The second kappa shape index (κ2) is 5.17. The molecule has 3 heteroatoms. The van der Waals surface area contributed by atoms with Crippen molar-refractivity contribution < 1.29 is 4.79 Å². The van der Waals surface area contributed by atoms with E-state index in [1.807, 2.05) is 44.3 Å². The molecule has 0 aliphatic heterocycles. The molecule has 0 unspecified atom stereocenters. The fourth-order valence-electron chi connectivity index (χ4n) is 2.06. The Bertz CT molecular complexity index is 570. The number of hydrogen-bond donors (Lipinski definition) is 0. The van der Waals surface area contributed by atoms with Gasteiger partial charge in [0.15, 0.2) is 5.78 Å². The highest BCUT2D eigenvalue weighted by Crippen LogP contribution is 2.12. The SMILES string of the molecule is CCc1cc(CC(=O)c2ccccc2C)n(C)n1. The molecule has 0 bridgehead atoms. The summed E-state index contributed by atoms with van der Waals surface area (Å²) in [6.45, 7) is 4.03. The summed E-state index contributed by atoms with van der Waals surface area (Å²) in [7, 11) is 1.89. The van der Waals surface area contributed by atoms with Crippen LogP contribution in [-0.2, 0) is 19.9 Å². The average molecular weight is 242 g/mol. The maximum Gasteiger partial charge on any atom is 0.169 e. The number of rotatable bonds is 4. The van der Waals surface area contributed by atoms with Crippen LogP contribution in [0.15, 0.2) is 30.3 Å². The molecule has 0 radical (unpaired) electrons. The van der Waals surface area contributed by atoms with Crippen molar-refractivity contribution in [2.45, 2.75) is 26.7 Å². The summed E-state index contributed by atoms with van der Waals surface area (Å²) in [6, 6.07) is 9.71. The number of carbonyl (C=O) groups is 1. The van der Waals surface area contributed by atoms with Gasteiger partial charge in [-0.15, -0.1) is 0 Å². The molecule has 0 atom stereocenters. The molecule has 0 spiro atoms. The van der Waals surface area contributed by atoms with Crippen molar-refractivity contribution >= 4 is 5.78 Å². The highest BCUT2D eigenvalue weighted by molar-refractivity contribution is 5.98. The zero-order valence-electron chi connectivity index (χ0n) is 11.1. The molecule has 1 aromatic heterocycles. The van der Waals surface area contributed by atoms with Gasteiger partial charge in [-0.05, 0) is 25.0 Å². The van der Waals surface area contributed by atoms with Crippen LogP contribution >= 0.6 is 0 Å². The Morgan fingerprint density at radius 1 is 1.33 bits per heavy atom. The van der Waals surface area contributed by atoms with E-state index in [0.29, 0.717) is 6.42 Å². The van der Waals surface area contributed by atoms with E-state index in [9.17, 15) is 4.79 Å². The minimum Gasteiger partial charge on any atom is -0.294 e. The first-order chi connectivity index (χ1) is 8.61. The second-order valence-corrected chi connectivity index (χ2v) is 4.52. The van der Waals surface area contributed by atoms with Crippen molar-refractivity contribution in [1.82, 2.24) is 9.78 Å². The smallest absolute Gasteiger partial charge is 0.169 e. The highest BCUT2D eigenvalue weighted by atomic mass is 16.1. The molecule has 2 aromatic rings. The Kier molecular flexibility index (Phi) is 3.60. The van der Waals surface area contributed by atoms with E-state index >= 15 is 0 Å². The predicted molar refractivity (Wildman–Crippen MR) is 71.8 cm³/mol. The van der Waals surface area contributed by atoms with E-state index < -0.39 is 0 Å². The monoisotopic (exact) mass is 242 g/mol. The summed E-state index contributed by atoms with van der Waals surface area (Å²) >= 11 is 0. The Labute approximate surface area is 107 Å². The van der Waals surface area contributed by atoms with Gasteiger partial charge in [0.05, 0.1) is 12.1 Å². The van der Waals surface area contributed by atoms with Crippen LogP contribution < -0.4 is 0 Å². The summed E-state index contributed by atoms with van der Waals surface area (Å²) < 4.78 is 1.80. The second-order valence-electron chi connectivity index (χ2n) is 4.52. The van der Waals surface area contributed by atoms with Gasteiger partial charge < -0.3 is 0 Å². The number of benzene rings is 1. The molecule has 94 valence electrons. The van der Waals surface area contributed by atoms with Crippen LogP contribution in [0.4, 0.5) is 0 Å². The molecule has 0 aliphatic carbocycles. The van der Waals surface area contributed by atoms with Gasteiger partial charge in [0.2, 0.25) is 0 Å². The van der Waals surface area contributed by atoms with Crippen LogP contribution in [0, 0.1) is 6.92 Å². The van der Waals surface area contributed by atoms with Crippen molar-refractivity contribution in [3.63, 3.8) is 0 Å². The van der Waals surface area contributed by atoms with Gasteiger partial charge in [-0.1, -0.05) is 31.2 Å². The van der Waals surface area contributed by atoms with Crippen molar-refractivity contribution in [2.24, 2.45) is 7.05 Å². The van der Waals surface area contributed by atoms with E-state index in [2.05, 4.69) is 12.0 Å². The van der Waals surface area contributed by atoms with Gasteiger partial charge >= 0.3 is 0 Å². The number of carbonyl (C=O) groups excluding carboxylic acids is 1. The molecular weight excluding hydrogens is 224 g/mol. The Balaban J connectivity index is 2.21. The molecule has 3 nitrogen and oxygen atoms in total. The zero-order chi connectivity index (χ0) is 13.1. The number of ketones is 1. The molecule has 0 saturated carbocycles. The van der Waals surface area contributed by atoms with Gasteiger partial charge in [-0.25, -0.2) is 0 Å². The fourth-order valence-corrected chi connectivity index (χ4v) is 2.06. The molecule has 0 aliphatic rings. The average Bonchev–Trinajstić information content (AvgIpc) is 2.70. The topological polar surface area (TPSA) is 34.9 Å². The van der Waals surface area contributed by atoms with Gasteiger partial charge in [-0.3, -0.25) is 9.48 Å². The zero-order valence-corrected chi connectivity index (χ0v) is 11.1. The number of hydrogen-bond acceptors (Lipinski definition) is 2. The van der Waals surface area contributed by atoms with Crippen LogP contribution in [0.3, 0.4) is 0 Å². The quantitative estimate of drug-likeness (QED) is 0.773. The van der Waals surface area contributed by atoms with Gasteiger partial charge in [0, 0.05) is 18.3 Å². The third kappa shape index (κ3) is 2.50. The van der Waals surface area contributed by atoms with Gasteiger partial charge in [0.1, 0.15) is 0 Å². The van der Waals surface area contributed by atoms with E-state index in [0.717, 1.165) is 28.9 Å². The summed E-state index contributed by atoms with van der Waals surface area (Å²) in [6.07, 6.45) is 1.31. The normalized spacial score (nSPS) is 10.6. The van der Waals surface area contributed by atoms with E-state index in [1.165, 1.54) is 0 Å². The number of aryl methyl sites for hydroxylation is 3.